The van der Waals surface area contributed by atoms with Gasteiger partial charge in [0.25, 0.3) is 0 Å². The molecule has 0 spiro atoms. The fourth-order valence-corrected chi connectivity index (χ4v) is 1.54. The van der Waals surface area contributed by atoms with Gasteiger partial charge in [-0.3, -0.25) is 4.79 Å². The van der Waals surface area contributed by atoms with Gasteiger partial charge >= 0.3 is 0 Å². The van der Waals surface area contributed by atoms with Gasteiger partial charge < -0.3 is 15.0 Å². The number of ether oxygens (including phenoxy) is 1. The maximum absolute atomic E-state index is 11.3. The lowest BCUT2D eigenvalue weighted by atomic mass is 10.3. The van der Waals surface area contributed by atoms with Crippen LogP contribution in [0.2, 0.25) is 0 Å². The van der Waals surface area contributed by atoms with E-state index in [9.17, 15) is 4.79 Å². The molecule has 0 bridgehead atoms. The molecule has 1 heterocycles. The minimum atomic E-state index is -0.168. The molecule has 0 saturated heterocycles. The Morgan fingerprint density at radius 1 is 1.56 bits per heavy atom. The van der Waals surface area contributed by atoms with Crippen molar-refractivity contribution >= 4 is 22.6 Å². The average molecular weight is 219 g/mol. The lowest BCUT2D eigenvalue weighted by Crippen LogP contribution is -2.16. The van der Waals surface area contributed by atoms with Gasteiger partial charge in [-0.2, -0.15) is 0 Å². The number of aromatic nitrogens is 2. The minimum Gasteiger partial charge on any atom is -0.375 e. The van der Waals surface area contributed by atoms with Gasteiger partial charge in [0.2, 0.25) is 5.91 Å². The second-order valence-corrected chi connectivity index (χ2v) is 3.54. The first-order valence-corrected chi connectivity index (χ1v) is 4.94. The molecule has 5 nitrogen and oxygen atoms in total. The maximum atomic E-state index is 11.3. The first kappa shape index (κ1) is 10.6. The number of nitrogens with one attached hydrogen (secondary N) is 2. The maximum Gasteiger partial charge on any atom is 0.250 e. The largest absolute Gasteiger partial charge is 0.375 e. The van der Waals surface area contributed by atoms with E-state index in [0.717, 1.165) is 22.5 Å². The number of imidazole rings is 1. The second-order valence-electron chi connectivity index (χ2n) is 3.54. The summed E-state index contributed by atoms with van der Waals surface area (Å²) < 4.78 is 4.74. The number of carbonyl (C=O) groups excluding carboxylic acids is 1. The van der Waals surface area contributed by atoms with E-state index in [1.807, 2.05) is 25.1 Å². The molecule has 0 atom stereocenters. The van der Waals surface area contributed by atoms with Crippen LogP contribution in [0, 0.1) is 6.92 Å². The predicted molar refractivity (Wildman–Crippen MR) is 61.3 cm³/mol. The van der Waals surface area contributed by atoms with Crippen LogP contribution in [-0.4, -0.2) is 29.6 Å². The summed E-state index contributed by atoms with van der Waals surface area (Å²) >= 11 is 0. The summed E-state index contributed by atoms with van der Waals surface area (Å²) in [6.45, 7) is 1.95. The van der Waals surface area contributed by atoms with Crippen molar-refractivity contribution in [2.24, 2.45) is 0 Å². The number of H-pyrrole nitrogens is 1. The van der Waals surface area contributed by atoms with E-state index in [1.54, 1.807) is 0 Å². The van der Waals surface area contributed by atoms with Gasteiger partial charge in [0.1, 0.15) is 12.4 Å². The summed E-state index contributed by atoms with van der Waals surface area (Å²) in [6.07, 6.45) is 0. The van der Waals surface area contributed by atoms with E-state index >= 15 is 0 Å². The molecule has 0 aliphatic carbocycles. The fourth-order valence-electron chi connectivity index (χ4n) is 1.54. The molecule has 16 heavy (non-hydrogen) atoms. The molecule has 0 fully saturated rings. The van der Waals surface area contributed by atoms with Gasteiger partial charge in [0.15, 0.2) is 0 Å². The molecule has 0 aliphatic heterocycles. The van der Waals surface area contributed by atoms with Gasteiger partial charge in [0.05, 0.1) is 11.0 Å². The average Bonchev–Trinajstić information content (AvgIpc) is 2.57. The number of rotatable bonds is 3. The number of methoxy groups -OCH3 is 1. The SMILES string of the molecule is COCC(=O)Nc1ccc2nc(C)[nH]c2c1. The number of nitrogens with zero attached hydrogens (tertiary/aromatic N) is 1. The molecular weight excluding hydrogens is 206 g/mol. The van der Waals surface area contributed by atoms with E-state index in [-0.39, 0.29) is 12.5 Å². The normalized spacial score (nSPS) is 10.6. The monoisotopic (exact) mass is 219 g/mol. The van der Waals surface area contributed by atoms with Crippen molar-refractivity contribution in [2.45, 2.75) is 6.92 Å². The van der Waals surface area contributed by atoms with Gasteiger partial charge in [0, 0.05) is 12.8 Å². The van der Waals surface area contributed by atoms with Crippen LogP contribution >= 0.6 is 0 Å². The van der Waals surface area contributed by atoms with Gasteiger partial charge in [-0.15, -0.1) is 0 Å². The Hall–Kier alpha value is -1.88. The molecule has 0 radical (unpaired) electrons. The Morgan fingerprint density at radius 2 is 2.38 bits per heavy atom. The predicted octanol–water partition coefficient (Wildman–Crippen LogP) is 1.46. The number of hydrogen-bond donors (Lipinski definition) is 2. The third-order valence-electron chi connectivity index (χ3n) is 2.16. The zero-order valence-electron chi connectivity index (χ0n) is 9.20. The summed E-state index contributed by atoms with van der Waals surface area (Å²) in [5, 5.41) is 2.73. The molecule has 0 saturated carbocycles. The van der Waals surface area contributed by atoms with Gasteiger partial charge in [-0.25, -0.2) is 4.98 Å². The molecule has 1 amide bonds. The quantitative estimate of drug-likeness (QED) is 0.821. The summed E-state index contributed by atoms with van der Waals surface area (Å²) in [5.41, 5.74) is 2.54. The molecular formula is C11H13N3O2. The van der Waals surface area contributed by atoms with E-state index in [0.29, 0.717) is 0 Å². The highest BCUT2D eigenvalue weighted by molar-refractivity contribution is 5.93. The van der Waals surface area contributed by atoms with Crippen LogP contribution < -0.4 is 5.32 Å². The van der Waals surface area contributed by atoms with Crippen molar-refractivity contribution in [2.75, 3.05) is 19.0 Å². The summed E-state index contributed by atoms with van der Waals surface area (Å²) in [5.74, 6) is 0.688. The van der Waals surface area contributed by atoms with Crippen LogP contribution in [0.15, 0.2) is 18.2 Å². The highest BCUT2D eigenvalue weighted by Crippen LogP contribution is 2.16. The van der Waals surface area contributed by atoms with Gasteiger partial charge in [-0.1, -0.05) is 0 Å². The Labute approximate surface area is 92.8 Å². The highest BCUT2D eigenvalue weighted by atomic mass is 16.5. The smallest absolute Gasteiger partial charge is 0.250 e. The zero-order valence-corrected chi connectivity index (χ0v) is 9.20. The molecule has 1 aromatic carbocycles. The van der Waals surface area contributed by atoms with Crippen LogP contribution in [0.1, 0.15) is 5.82 Å². The lowest BCUT2D eigenvalue weighted by molar-refractivity contribution is -0.119. The Bertz CT molecular complexity index is 519. The number of fused-ring (bicyclic) bond motifs is 1. The molecule has 2 aromatic rings. The Morgan fingerprint density at radius 3 is 3.12 bits per heavy atom. The number of benzene rings is 1. The van der Waals surface area contributed by atoms with Crippen molar-refractivity contribution in [3.8, 4) is 0 Å². The van der Waals surface area contributed by atoms with E-state index in [1.165, 1.54) is 7.11 Å². The van der Waals surface area contributed by atoms with Crippen LogP contribution in [-0.2, 0) is 9.53 Å². The molecule has 2 N–H and O–H groups in total. The summed E-state index contributed by atoms with van der Waals surface area (Å²) in [4.78, 5) is 18.7. The third kappa shape index (κ3) is 2.20. The topological polar surface area (TPSA) is 67.0 Å². The molecule has 84 valence electrons. The van der Waals surface area contributed by atoms with E-state index in [2.05, 4.69) is 15.3 Å². The number of aryl methyl sites for hydroxylation is 1. The van der Waals surface area contributed by atoms with Crippen LogP contribution in [0.25, 0.3) is 11.0 Å². The number of aromatic amines is 1. The zero-order chi connectivity index (χ0) is 11.5. The van der Waals surface area contributed by atoms with Crippen molar-refractivity contribution in [3.05, 3.63) is 24.0 Å². The highest BCUT2D eigenvalue weighted by Gasteiger charge is 2.04. The summed E-state index contributed by atoms with van der Waals surface area (Å²) in [7, 11) is 1.49. The number of anilines is 1. The lowest BCUT2D eigenvalue weighted by Gasteiger charge is -2.03. The number of carbonyl (C=O) groups is 1. The molecule has 0 unspecified atom stereocenters. The van der Waals surface area contributed by atoms with Crippen molar-refractivity contribution in [3.63, 3.8) is 0 Å². The fraction of sp³-hybridized carbons (Fsp3) is 0.273. The first-order chi connectivity index (χ1) is 7.69. The first-order valence-electron chi connectivity index (χ1n) is 4.94. The number of amides is 1. The molecule has 2 rings (SSSR count). The van der Waals surface area contributed by atoms with Crippen molar-refractivity contribution < 1.29 is 9.53 Å². The van der Waals surface area contributed by atoms with E-state index in [4.69, 9.17) is 4.74 Å². The molecule has 0 aliphatic rings. The van der Waals surface area contributed by atoms with Crippen LogP contribution in [0.5, 0.6) is 0 Å². The Balaban J connectivity index is 2.22. The van der Waals surface area contributed by atoms with E-state index < -0.39 is 0 Å². The van der Waals surface area contributed by atoms with Crippen LogP contribution in [0.3, 0.4) is 0 Å². The Kier molecular flexibility index (Phi) is 2.87. The third-order valence-corrected chi connectivity index (χ3v) is 2.16. The summed E-state index contributed by atoms with van der Waals surface area (Å²) in [6, 6.07) is 5.53. The van der Waals surface area contributed by atoms with Crippen molar-refractivity contribution in [1.29, 1.82) is 0 Å². The van der Waals surface area contributed by atoms with Gasteiger partial charge in [-0.05, 0) is 25.1 Å². The standard InChI is InChI=1S/C11H13N3O2/c1-7-12-9-4-3-8(5-10(9)13-7)14-11(15)6-16-2/h3-5H,6H2,1-2H3,(H,12,13)(H,14,15). The number of hydrogen-bond acceptors (Lipinski definition) is 3. The minimum absolute atomic E-state index is 0.0556. The second kappa shape index (κ2) is 4.32. The molecule has 5 heteroatoms. The molecule has 1 aromatic heterocycles. The van der Waals surface area contributed by atoms with Crippen LogP contribution in [0.4, 0.5) is 5.69 Å². The van der Waals surface area contributed by atoms with Crippen molar-refractivity contribution in [1.82, 2.24) is 9.97 Å².